The third kappa shape index (κ3) is 5.48. The Labute approximate surface area is 197 Å². The summed E-state index contributed by atoms with van der Waals surface area (Å²) in [7, 11) is 0. The van der Waals surface area contributed by atoms with Crippen molar-refractivity contribution in [2.75, 3.05) is 10.6 Å². The minimum atomic E-state index is -0.266. The number of thiophene rings is 1. The molecule has 0 bridgehead atoms. The van der Waals surface area contributed by atoms with Crippen LogP contribution in [0.25, 0.3) is 0 Å². The number of amides is 2. The van der Waals surface area contributed by atoms with E-state index in [0.29, 0.717) is 28.4 Å². The van der Waals surface area contributed by atoms with Gasteiger partial charge in [-0.25, -0.2) is 0 Å². The Morgan fingerprint density at radius 3 is 2.09 bits per heavy atom. The summed E-state index contributed by atoms with van der Waals surface area (Å²) < 4.78 is 5.81. The van der Waals surface area contributed by atoms with Crippen LogP contribution in [0.2, 0.25) is 0 Å². The van der Waals surface area contributed by atoms with E-state index >= 15 is 0 Å². The number of benzene rings is 3. The van der Waals surface area contributed by atoms with Crippen molar-refractivity contribution in [2.24, 2.45) is 0 Å². The number of hydrogen-bond donors (Lipinski definition) is 2. The zero-order valence-corrected chi connectivity index (χ0v) is 19.2. The molecule has 6 heteroatoms. The molecule has 0 radical (unpaired) electrons. The summed E-state index contributed by atoms with van der Waals surface area (Å²) >= 11 is 1.40. The highest BCUT2D eigenvalue weighted by Gasteiger charge is 2.21. The molecular formula is C27H24N2O3S. The quantitative estimate of drug-likeness (QED) is 0.336. The molecule has 0 fully saturated rings. The van der Waals surface area contributed by atoms with E-state index in [-0.39, 0.29) is 11.8 Å². The van der Waals surface area contributed by atoms with E-state index in [1.54, 1.807) is 36.4 Å². The second-order valence-corrected chi connectivity index (χ2v) is 8.79. The number of carbonyl (C=O) groups is 2. The molecule has 0 saturated carbocycles. The maximum Gasteiger partial charge on any atom is 0.258 e. The normalized spacial score (nSPS) is 10.5. The Kier molecular flexibility index (Phi) is 6.86. The first-order valence-corrected chi connectivity index (χ1v) is 11.4. The molecule has 4 rings (SSSR count). The Morgan fingerprint density at radius 1 is 0.788 bits per heavy atom. The molecule has 0 spiro atoms. The lowest BCUT2D eigenvalue weighted by Crippen LogP contribution is -2.17. The minimum absolute atomic E-state index is 0.245. The molecule has 4 aromatic rings. The third-order valence-electron chi connectivity index (χ3n) is 5.24. The molecule has 166 valence electrons. The molecule has 2 amide bonds. The zero-order valence-electron chi connectivity index (χ0n) is 18.4. The van der Waals surface area contributed by atoms with Crippen LogP contribution in [0.5, 0.6) is 5.75 Å². The van der Waals surface area contributed by atoms with Crippen molar-refractivity contribution < 1.29 is 14.3 Å². The van der Waals surface area contributed by atoms with Gasteiger partial charge in [-0.1, -0.05) is 48.5 Å². The number of carbonyl (C=O) groups excluding carboxylic acids is 2. The van der Waals surface area contributed by atoms with Crippen LogP contribution in [0.15, 0.2) is 84.9 Å². The average molecular weight is 457 g/mol. The largest absolute Gasteiger partial charge is 0.489 e. The van der Waals surface area contributed by atoms with Crippen molar-refractivity contribution in [3.63, 3.8) is 0 Å². The van der Waals surface area contributed by atoms with Gasteiger partial charge in [-0.3, -0.25) is 9.59 Å². The molecular weight excluding hydrogens is 432 g/mol. The van der Waals surface area contributed by atoms with Crippen molar-refractivity contribution in [2.45, 2.75) is 20.5 Å². The smallest absolute Gasteiger partial charge is 0.258 e. The lowest BCUT2D eigenvalue weighted by atomic mass is 10.1. The molecule has 0 unspecified atom stereocenters. The molecule has 0 atom stereocenters. The minimum Gasteiger partial charge on any atom is -0.489 e. The summed E-state index contributed by atoms with van der Waals surface area (Å²) in [5.41, 5.74) is 3.60. The lowest BCUT2D eigenvalue weighted by molar-refractivity contribution is 0.102. The maximum atomic E-state index is 13.1. The Balaban J connectivity index is 1.44. The van der Waals surface area contributed by atoms with Crippen molar-refractivity contribution in [1.82, 2.24) is 0 Å². The van der Waals surface area contributed by atoms with E-state index in [9.17, 15) is 9.59 Å². The lowest BCUT2D eigenvalue weighted by Gasteiger charge is -2.10. The van der Waals surface area contributed by atoms with E-state index in [1.807, 2.05) is 62.4 Å². The van der Waals surface area contributed by atoms with Gasteiger partial charge in [0.15, 0.2) is 0 Å². The Bertz CT molecular complexity index is 1250. The molecule has 0 aliphatic carbocycles. The molecule has 2 N–H and O–H groups in total. The van der Waals surface area contributed by atoms with Crippen LogP contribution >= 0.6 is 11.3 Å². The van der Waals surface area contributed by atoms with Gasteiger partial charge in [-0.15, -0.1) is 11.3 Å². The first-order chi connectivity index (χ1) is 16.0. The molecule has 33 heavy (non-hydrogen) atoms. The van der Waals surface area contributed by atoms with Gasteiger partial charge in [0.2, 0.25) is 0 Å². The number of ether oxygens (including phenoxy) is 1. The topological polar surface area (TPSA) is 67.4 Å². The fourth-order valence-electron chi connectivity index (χ4n) is 3.32. The molecule has 0 aliphatic rings. The average Bonchev–Trinajstić information content (AvgIpc) is 3.12. The molecule has 1 heterocycles. The summed E-state index contributed by atoms with van der Waals surface area (Å²) in [5, 5.41) is 6.36. The van der Waals surface area contributed by atoms with Crippen molar-refractivity contribution in [3.05, 3.63) is 112 Å². The molecule has 5 nitrogen and oxygen atoms in total. The summed E-state index contributed by atoms with van der Waals surface area (Å²) in [4.78, 5) is 26.7. The van der Waals surface area contributed by atoms with Gasteiger partial charge in [0.1, 0.15) is 17.4 Å². The Morgan fingerprint density at radius 2 is 1.42 bits per heavy atom. The number of aryl methyl sites for hydroxylation is 1. The van der Waals surface area contributed by atoms with E-state index in [0.717, 1.165) is 21.8 Å². The second kappa shape index (κ2) is 10.1. The fraction of sp³-hybridized carbons (Fsp3) is 0.111. The Hall–Kier alpha value is -3.90. The highest BCUT2D eigenvalue weighted by molar-refractivity contribution is 7.16. The first kappa shape index (κ1) is 22.3. The van der Waals surface area contributed by atoms with Crippen LogP contribution in [-0.4, -0.2) is 11.8 Å². The van der Waals surface area contributed by atoms with E-state index in [4.69, 9.17) is 4.74 Å². The molecule has 3 aromatic carbocycles. The van der Waals surface area contributed by atoms with Crippen LogP contribution in [0, 0.1) is 13.8 Å². The third-order valence-corrected chi connectivity index (χ3v) is 6.36. The summed E-state index contributed by atoms with van der Waals surface area (Å²) in [6.07, 6.45) is 0. The van der Waals surface area contributed by atoms with Crippen molar-refractivity contribution in [3.8, 4) is 5.75 Å². The zero-order chi connectivity index (χ0) is 23.2. The first-order valence-electron chi connectivity index (χ1n) is 10.6. The van der Waals surface area contributed by atoms with Gasteiger partial charge in [0.05, 0.1) is 5.56 Å². The number of rotatable bonds is 7. The predicted octanol–water partition coefficient (Wildman–Crippen LogP) is 6.45. The highest BCUT2D eigenvalue weighted by atomic mass is 32.1. The summed E-state index contributed by atoms with van der Waals surface area (Å²) in [6, 6.07) is 26.1. The second-order valence-electron chi connectivity index (χ2n) is 7.56. The standard InChI is InChI=1S/C27H24N2O3S/c1-18-19(2)33-27(29-25(30)21-11-7-4-8-12-21)24(18)26(31)28-22-13-15-23(16-14-22)32-17-20-9-5-3-6-10-20/h3-16H,17H2,1-2H3,(H,28,31)(H,29,30). The monoisotopic (exact) mass is 456 g/mol. The van der Waals surface area contributed by atoms with Crippen LogP contribution in [-0.2, 0) is 6.61 Å². The van der Waals surface area contributed by atoms with Crippen LogP contribution < -0.4 is 15.4 Å². The predicted molar refractivity (Wildman–Crippen MR) is 133 cm³/mol. The molecule has 0 saturated heterocycles. The summed E-state index contributed by atoms with van der Waals surface area (Å²) in [5.74, 6) is 0.208. The number of anilines is 2. The van der Waals surface area contributed by atoms with Gasteiger partial charge in [-0.2, -0.15) is 0 Å². The SMILES string of the molecule is Cc1sc(NC(=O)c2ccccc2)c(C(=O)Nc2ccc(OCc3ccccc3)cc2)c1C. The van der Waals surface area contributed by atoms with E-state index in [2.05, 4.69) is 10.6 Å². The highest BCUT2D eigenvalue weighted by Crippen LogP contribution is 2.33. The number of hydrogen-bond acceptors (Lipinski definition) is 4. The van der Waals surface area contributed by atoms with Gasteiger partial charge in [0.25, 0.3) is 11.8 Å². The van der Waals surface area contributed by atoms with Gasteiger partial charge < -0.3 is 15.4 Å². The van der Waals surface area contributed by atoms with Crippen molar-refractivity contribution in [1.29, 1.82) is 0 Å². The molecule has 1 aromatic heterocycles. The van der Waals surface area contributed by atoms with E-state index < -0.39 is 0 Å². The van der Waals surface area contributed by atoms with Gasteiger partial charge >= 0.3 is 0 Å². The van der Waals surface area contributed by atoms with Crippen LogP contribution in [0.1, 0.15) is 36.7 Å². The van der Waals surface area contributed by atoms with E-state index in [1.165, 1.54) is 11.3 Å². The maximum absolute atomic E-state index is 13.1. The summed E-state index contributed by atoms with van der Waals surface area (Å²) in [6.45, 7) is 4.30. The van der Waals surface area contributed by atoms with Crippen LogP contribution in [0.3, 0.4) is 0 Å². The van der Waals surface area contributed by atoms with Crippen LogP contribution in [0.4, 0.5) is 10.7 Å². The van der Waals surface area contributed by atoms with Gasteiger partial charge in [-0.05, 0) is 61.4 Å². The van der Waals surface area contributed by atoms with Crippen molar-refractivity contribution >= 4 is 33.8 Å². The number of nitrogens with one attached hydrogen (secondary N) is 2. The fourth-order valence-corrected chi connectivity index (χ4v) is 4.38. The molecule has 0 aliphatic heterocycles. The van der Waals surface area contributed by atoms with Gasteiger partial charge in [0, 0.05) is 16.1 Å².